The van der Waals surface area contributed by atoms with Crippen LogP contribution >= 0.6 is 15.9 Å². The van der Waals surface area contributed by atoms with Gasteiger partial charge in [0.05, 0.1) is 28.8 Å². The molecule has 1 N–H and O–H groups in total. The number of rotatable bonds is 2. The van der Waals surface area contributed by atoms with Crippen molar-refractivity contribution >= 4 is 38.5 Å². The Hall–Kier alpha value is -2.80. The van der Waals surface area contributed by atoms with Crippen molar-refractivity contribution in [3.05, 3.63) is 73.6 Å². The fraction of sp³-hybridized carbons (Fsp3) is 0.111. The summed E-state index contributed by atoms with van der Waals surface area (Å²) in [6, 6.07) is 10.3. The van der Waals surface area contributed by atoms with Crippen molar-refractivity contribution in [1.82, 2.24) is 15.1 Å². The van der Waals surface area contributed by atoms with Gasteiger partial charge in [-0.1, -0.05) is 28.1 Å². The molecule has 4 rings (SSSR count). The normalized spacial score (nSPS) is 13.6. The highest BCUT2D eigenvalue weighted by atomic mass is 79.9. The van der Waals surface area contributed by atoms with E-state index in [0.717, 1.165) is 14.9 Å². The molecule has 3 aromatic rings. The van der Waals surface area contributed by atoms with E-state index in [1.165, 1.54) is 0 Å². The number of halogens is 1. The molecule has 124 valence electrons. The van der Waals surface area contributed by atoms with Crippen molar-refractivity contribution in [2.75, 3.05) is 0 Å². The first-order chi connectivity index (χ1) is 12.0. The van der Waals surface area contributed by atoms with Gasteiger partial charge < -0.3 is 0 Å². The highest BCUT2D eigenvalue weighted by molar-refractivity contribution is 9.10. The maximum atomic E-state index is 12.5. The van der Waals surface area contributed by atoms with E-state index in [0.29, 0.717) is 27.6 Å². The van der Waals surface area contributed by atoms with Crippen molar-refractivity contribution in [2.24, 2.45) is 0 Å². The molecule has 0 saturated carbocycles. The molecular formula is C18H12BrN3O3. The highest BCUT2D eigenvalue weighted by Crippen LogP contribution is 2.27. The second-order valence-corrected chi connectivity index (χ2v) is 6.80. The Morgan fingerprint density at radius 3 is 2.36 bits per heavy atom. The summed E-state index contributed by atoms with van der Waals surface area (Å²) in [5.74, 6) is -0.707. The zero-order chi connectivity index (χ0) is 17.7. The van der Waals surface area contributed by atoms with Crippen LogP contribution in [0.3, 0.4) is 0 Å². The number of fused-ring (bicyclic) bond motifs is 2. The summed E-state index contributed by atoms with van der Waals surface area (Å²) in [5, 5.41) is 7.66. The van der Waals surface area contributed by atoms with Crippen molar-refractivity contribution in [3.63, 3.8) is 0 Å². The molecule has 2 heterocycles. The molecule has 1 aliphatic rings. The molecule has 0 fully saturated rings. The van der Waals surface area contributed by atoms with Crippen LogP contribution < -0.4 is 5.56 Å². The Balaban J connectivity index is 1.83. The Kier molecular flexibility index (Phi) is 3.54. The number of aryl methyl sites for hydroxylation is 1. The highest BCUT2D eigenvalue weighted by Gasteiger charge is 2.35. The van der Waals surface area contributed by atoms with Crippen molar-refractivity contribution in [1.29, 1.82) is 0 Å². The smallest absolute Gasteiger partial charge is 0.269 e. The van der Waals surface area contributed by atoms with Crippen LogP contribution in [-0.2, 0) is 6.54 Å². The molecule has 1 aliphatic heterocycles. The number of nitrogens with zero attached hydrogens (tertiary/aromatic N) is 2. The average molecular weight is 398 g/mol. The molecule has 25 heavy (non-hydrogen) atoms. The number of imide groups is 1. The number of hydrogen-bond donors (Lipinski definition) is 1. The number of H-pyrrole nitrogens is 1. The summed E-state index contributed by atoms with van der Waals surface area (Å²) < 4.78 is 0.800. The topological polar surface area (TPSA) is 83.1 Å². The zero-order valence-corrected chi connectivity index (χ0v) is 14.8. The first-order valence-corrected chi connectivity index (χ1v) is 8.39. The van der Waals surface area contributed by atoms with Crippen LogP contribution in [0.25, 0.3) is 10.8 Å². The van der Waals surface area contributed by atoms with Gasteiger partial charge in [-0.25, -0.2) is 5.10 Å². The number of benzene rings is 2. The minimum atomic E-state index is -0.353. The summed E-state index contributed by atoms with van der Waals surface area (Å²) in [4.78, 5) is 38.4. The maximum absolute atomic E-state index is 12.5. The minimum absolute atomic E-state index is 0.00444. The summed E-state index contributed by atoms with van der Waals surface area (Å²) in [6.07, 6.45) is 0. The number of nitrogens with one attached hydrogen (secondary N) is 1. The van der Waals surface area contributed by atoms with E-state index in [4.69, 9.17) is 0 Å². The lowest BCUT2D eigenvalue weighted by Crippen LogP contribution is -2.30. The summed E-state index contributed by atoms with van der Waals surface area (Å²) in [5.41, 5.74) is 1.73. The largest absolute Gasteiger partial charge is 0.272 e. The Morgan fingerprint density at radius 2 is 1.72 bits per heavy atom. The van der Waals surface area contributed by atoms with Gasteiger partial charge in [0.2, 0.25) is 0 Å². The molecule has 0 radical (unpaired) electrons. The van der Waals surface area contributed by atoms with Gasteiger partial charge in [-0.05, 0) is 36.8 Å². The molecule has 6 nitrogen and oxygen atoms in total. The summed E-state index contributed by atoms with van der Waals surface area (Å²) in [7, 11) is 0. The van der Waals surface area contributed by atoms with Crippen molar-refractivity contribution in [3.8, 4) is 0 Å². The van der Waals surface area contributed by atoms with Crippen LogP contribution in [0.5, 0.6) is 0 Å². The number of hydrogen-bond acceptors (Lipinski definition) is 4. The van der Waals surface area contributed by atoms with Crippen LogP contribution in [0.1, 0.15) is 32.0 Å². The number of aromatic amines is 1. The van der Waals surface area contributed by atoms with Crippen molar-refractivity contribution in [2.45, 2.75) is 13.5 Å². The van der Waals surface area contributed by atoms with Gasteiger partial charge in [0.15, 0.2) is 0 Å². The zero-order valence-electron chi connectivity index (χ0n) is 13.2. The van der Waals surface area contributed by atoms with Crippen LogP contribution in [0, 0.1) is 6.92 Å². The predicted octanol–water partition coefficient (Wildman–Crippen LogP) is 2.79. The number of aromatic nitrogens is 2. The van der Waals surface area contributed by atoms with Crippen molar-refractivity contribution < 1.29 is 9.59 Å². The number of carbonyl (C=O) groups excluding carboxylic acids is 2. The van der Waals surface area contributed by atoms with Crippen LogP contribution in [-0.4, -0.2) is 26.9 Å². The molecular weight excluding hydrogens is 386 g/mol. The summed E-state index contributed by atoms with van der Waals surface area (Å²) in [6.45, 7) is 1.82. The van der Waals surface area contributed by atoms with E-state index >= 15 is 0 Å². The van der Waals surface area contributed by atoms with Gasteiger partial charge in [0.25, 0.3) is 17.4 Å². The molecule has 0 unspecified atom stereocenters. The van der Waals surface area contributed by atoms with E-state index in [-0.39, 0.29) is 23.9 Å². The fourth-order valence-corrected chi connectivity index (χ4v) is 3.73. The minimum Gasteiger partial charge on any atom is -0.269 e. The Bertz CT molecular complexity index is 1090. The molecule has 0 atom stereocenters. The second kappa shape index (κ2) is 5.63. The maximum Gasteiger partial charge on any atom is 0.272 e. The summed E-state index contributed by atoms with van der Waals surface area (Å²) >= 11 is 3.41. The fourth-order valence-electron chi connectivity index (χ4n) is 3.16. The van der Waals surface area contributed by atoms with E-state index in [2.05, 4.69) is 26.1 Å². The Labute approximate surface area is 150 Å². The third kappa shape index (κ3) is 2.39. The van der Waals surface area contributed by atoms with Gasteiger partial charge in [-0.15, -0.1) is 0 Å². The van der Waals surface area contributed by atoms with Gasteiger partial charge in [-0.2, -0.15) is 5.10 Å². The Morgan fingerprint density at radius 1 is 1.08 bits per heavy atom. The van der Waals surface area contributed by atoms with Gasteiger partial charge in [-0.3, -0.25) is 19.3 Å². The van der Waals surface area contributed by atoms with Crippen LogP contribution in [0.2, 0.25) is 0 Å². The van der Waals surface area contributed by atoms with Crippen LogP contribution in [0.4, 0.5) is 0 Å². The number of amides is 2. The quantitative estimate of drug-likeness (QED) is 0.673. The molecule has 1 aromatic heterocycles. The van der Waals surface area contributed by atoms with E-state index in [9.17, 15) is 14.4 Å². The molecule has 2 amide bonds. The van der Waals surface area contributed by atoms with E-state index < -0.39 is 0 Å². The average Bonchev–Trinajstić information content (AvgIpc) is 2.82. The molecule has 0 spiro atoms. The van der Waals surface area contributed by atoms with Gasteiger partial charge in [0.1, 0.15) is 0 Å². The monoisotopic (exact) mass is 397 g/mol. The predicted molar refractivity (Wildman–Crippen MR) is 95.4 cm³/mol. The van der Waals surface area contributed by atoms with Gasteiger partial charge >= 0.3 is 0 Å². The lowest BCUT2D eigenvalue weighted by atomic mass is 10.1. The first kappa shape index (κ1) is 15.7. The van der Waals surface area contributed by atoms with Crippen LogP contribution in [0.15, 0.2) is 45.7 Å². The van der Waals surface area contributed by atoms with E-state index in [1.54, 1.807) is 30.3 Å². The van der Waals surface area contributed by atoms with E-state index in [1.807, 2.05) is 13.0 Å². The molecule has 0 saturated heterocycles. The lowest BCUT2D eigenvalue weighted by Gasteiger charge is -2.15. The third-order valence-corrected chi connectivity index (χ3v) is 4.77. The first-order valence-electron chi connectivity index (χ1n) is 7.60. The molecule has 2 aromatic carbocycles. The molecule has 0 bridgehead atoms. The molecule has 0 aliphatic carbocycles. The lowest BCUT2D eigenvalue weighted by molar-refractivity contribution is 0.0641. The molecule has 7 heteroatoms. The standard InChI is InChI=1S/C18H12BrN3O3/c1-9-6-10(19)7-13-14(20-21-16(23)15(9)13)8-22-17(24)11-4-2-3-5-12(11)18(22)25/h2-7H,8H2,1H3,(H,21,23). The third-order valence-electron chi connectivity index (χ3n) is 4.32. The van der Waals surface area contributed by atoms with Gasteiger partial charge in [0, 0.05) is 9.86 Å². The number of carbonyl (C=O) groups is 2. The second-order valence-electron chi connectivity index (χ2n) is 5.89. The SMILES string of the molecule is Cc1cc(Br)cc2c(CN3C(=O)c4ccccc4C3=O)n[nH]c(=O)c12.